The van der Waals surface area contributed by atoms with Gasteiger partial charge in [0.2, 0.25) is 11.7 Å². The van der Waals surface area contributed by atoms with Crippen LogP contribution in [0.5, 0.6) is 0 Å². The fourth-order valence-corrected chi connectivity index (χ4v) is 4.88. The van der Waals surface area contributed by atoms with E-state index in [0.717, 1.165) is 18.5 Å². The molecule has 1 spiro atoms. The minimum atomic E-state index is -0.434. The molecule has 5 heterocycles. The number of nitrogens with one attached hydrogen (secondary N) is 2. The highest BCUT2D eigenvalue weighted by atomic mass is 16.2. The van der Waals surface area contributed by atoms with Crippen LogP contribution in [-0.2, 0) is 4.79 Å². The van der Waals surface area contributed by atoms with E-state index in [1.165, 1.54) is 19.3 Å². The van der Waals surface area contributed by atoms with Crippen molar-refractivity contribution in [2.45, 2.75) is 38.1 Å². The van der Waals surface area contributed by atoms with Crippen molar-refractivity contribution in [1.29, 1.82) is 0 Å². The first kappa shape index (κ1) is 22.2. The van der Waals surface area contributed by atoms with Crippen molar-refractivity contribution in [3.8, 4) is 11.3 Å². The Kier molecular flexibility index (Phi) is 5.41. The Morgan fingerprint density at radius 1 is 1.06 bits per heavy atom. The number of pyridine rings is 2. The molecule has 0 unspecified atom stereocenters. The van der Waals surface area contributed by atoms with Gasteiger partial charge in [-0.05, 0) is 57.4 Å². The predicted molar refractivity (Wildman–Crippen MR) is 132 cm³/mol. The summed E-state index contributed by atoms with van der Waals surface area (Å²) in [7, 11) is 0. The van der Waals surface area contributed by atoms with Gasteiger partial charge in [-0.3, -0.25) is 33.8 Å². The Balaban J connectivity index is 1.16. The average molecular weight is 484 g/mol. The lowest BCUT2D eigenvalue weighted by Gasteiger charge is -2.23. The van der Waals surface area contributed by atoms with Crippen molar-refractivity contribution in [3.05, 3.63) is 60.7 Å². The third-order valence-corrected chi connectivity index (χ3v) is 6.99. The van der Waals surface area contributed by atoms with Gasteiger partial charge >= 0.3 is 0 Å². The topological polar surface area (TPSA) is 130 Å². The maximum absolute atomic E-state index is 13.1. The molecule has 0 bridgehead atoms. The number of aromatic nitrogens is 6. The molecule has 1 aliphatic carbocycles. The van der Waals surface area contributed by atoms with Gasteiger partial charge in [-0.15, -0.1) is 10.2 Å². The maximum atomic E-state index is 13.1. The van der Waals surface area contributed by atoms with Crippen molar-refractivity contribution in [2.24, 2.45) is 0 Å². The van der Waals surface area contributed by atoms with E-state index >= 15 is 0 Å². The van der Waals surface area contributed by atoms with Crippen molar-refractivity contribution < 1.29 is 9.59 Å². The van der Waals surface area contributed by atoms with Gasteiger partial charge in [0.05, 0.1) is 41.7 Å². The standard InChI is InChI=1S/C25H25N9O2/c1-16-19(12-18(13-28-16)29-22(35)15-33-9-2-4-25(33)5-6-25)30-24(36)23-32-31-21-11-17(3-10-34(21)23)20-14-26-7-8-27-20/h3,7-8,10-14H,2,4-6,9,15H2,1H3,(H,29,35)(H,30,36). The molecule has 36 heavy (non-hydrogen) atoms. The summed E-state index contributed by atoms with van der Waals surface area (Å²) in [5.74, 6) is -0.377. The molecule has 2 fully saturated rings. The largest absolute Gasteiger partial charge is 0.324 e. The van der Waals surface area contributed by atoms with Crippen LogP contribution in [-0.4, -0.2) is 64.9 Å². The lowest BCUT2D eigenvalue weighted by molar-refractivity contribution is -0.117. The fraction of sp³-hybridized carbons (Fsp3) is 0.320. The Hall–Kier alpha value is -4.25. The van der Waals surface area contributed by atoms with Gasteiger partial charge in [0.25, 0.3) is 5.91 Å². The van der Waals surface area contributed by atoms with E-state index in [4.69, 9.17) is 0 Å². The van der Waals surface area contributed by atoms with Crippen LogP contribution in [0.4, 0.5) is 11.4 Å². The van der Waals surface area contributed by atoms with Crippen LogP contribution in [0.2, 0.25) is 0 Å². The number of rotatable bonds is 6. The number of aryl methyl sites for hydroxylation is 1. The van der Waals surface area contributed by atoms with Crippen LogP contribution in [0.1, 0.15) is 42.0 Å². The quantitative estimate of drug-likeness (QED) is 0.428. The van der Waals surface area contributed by atoms with Crippen LogP contribution in [0, 0.1) is 6.92 Å². The number of nitrogens with zero attached hydrogens (tertiary/aromatic N) is 7. The number of hydrogen-bond acceptors (Lipinski definition) is 8. The van der Waals surface area contributed by atoms with E-state index in [0.29, 0.717) is 35.0 Å². The molecule has 1 aliphatic heterocycles. The number of amides is 2. The SMILES string of the molecule is Cc1ncc(NC(=O)CN2CCCC23CC3)cc1NC(=O)c1nnc2cc(-c3cnccn3)ccn12. The van der Waals surface area contributed by atoms with E-state index in [9.17, 15) is 9.59 Å². The second-order valence-corrected chi connectivity index (χ2v) is 9.37. The Morgan fingerprint density at radius 3 is 2.75 bits per heavy atom. The zero-order chi connectivity index (χ0) is 24.7. The van der Waals surface area contributed by atoms with Crippen LogP contribution in [0.25, 0.3) is 16.9 Å². The molecular weight excluding hydrogens is 458 g/mol. The number of fused-ring (bicyclic) bond motifs is 1. The monoisotopic (exact) mass is 483 g/mol. The lowest BCUT2D eigenvalue weighted by Crippen LogP contribution is -2.38. The van der Waals surface area contributed by atoms with E-state index in [1.54, 1.807) is 54.4 Å². The van der Waals surface area contributed by atoms with Crippen LogP contribution >= 0.6 is 0 Å². The summed E-state index contributed by atoms with van der Waals surface area (Å²) >= 11 is 0. The summed E-state index contributed by atoms with van der Waals surface area (Å²) < 4.78 is 1.60. The third kappa shape index (κ3) is 4.17. The first-order chi connectivity index (χ1) is 17.5. The van der Waals surface area contributed by atoms with Gasteiger partial charge in [-0.1, -0.05) is 0 Å². The molecule has 11 nitrogen and oxygen atoms in total. The van der Waals surface area contributed by atoms with Crippen molar-refractivity contribution in [1.82, 2.24) is 34.4 Å². The first-order valence-electron chi connectivity index (χ1n) is 11.9. The molecule has 2 amide bonds. The lowest BCUT2D eigenvalue weighted by atomic mass is 10.2. The predicted octanol–water partition coefficient (Wildman–Crippen LogP) is 2.71. The first-order valence-corrected chi connectivity index (χ1v) is 11.9. The molecule has 0 aromatic carbocycles. The van der Waals surface area contributed by atoms with Crippen molar-refractivity contribution >= 4 is 28.8 Å². The molecular formula is C25H25N9O2. The Bertz CT molecular complexity index is 1460. The highest BCUT2D eigenvalue weighted by Gasteiger charge is 2.50. The van der Waals surface area contributed by atoms with Gasteiger partial charge in [-0.2, -0.15) is 0 Å². The summed E-state index contributed by atoms with van der Waals surface area (Å²) in [5.41, 5.74) is 3.94. The number of carbonyl (C=O) groups excluding carboxylic acids is 2. The molecule has 4 aromatic heterocycles. The number of likely N-dealkylation sites (tertiary alicyclic amines) is 1. The van der Waals surface area contributed by atoms with Gasteiger partial charge in [0.1, 0.15) is 0 Å². The summed E-state index contributed by atoms with van der Waals surface area (Å²) in [4.78, 5) is 40.7. The minimum Gasteiger partial charge on any atom is -0.324 e. The van der Waals surface area contributed by atoms with E-state index in [1.807, 2.05) is 6.07 Å². The van der Waals surface area contributed by atoms with E-state index < -0.39 is 5.91 Å². The third-order valence-electron chi connectivity index (χ3n) is 6.99. The zero-order valence-electron chi connectivity index (χ0n) is 19.8. The van der Waals surface area contributed by atoms with E-state index in [2.05, 4.69) is 40.7 Å². The molecule has 2 aliphatic rings. The van der Waals surface area contributed by atoms with Crippen LogP contribution in [0.3, 0.4) is 0 Å². The second kappa shape index (κ2) is 8.76. The molecule has 1 saturated carbocycles. The fourth-order valence-electron chi connectivity index (χ4n) is 4.88. The van der Waals surface area contributed by atoms with Gasteiger partial charge in [0, 0.05) is 29.7 Å². The van der Waals surface area contributed by atoms with E-state index in [-0.39, 0.29) is 17.3 Å². The Labute approximate surface area is 207 Å². The smallest absolute Gasteiger partial charge is 0.294 e. The van der Waals surface area contributed by atoms with Gasteiger partial charge in [0.15, 0.2) is 5.65 Å². The second-order valence-electron chi connectivity index (χ2n) is 9.37. The number of anilines is 2. The van der Waals surface area contributed by atoms with Crippen molar-refractivity contribution in [3.63, 3.8) is 0 Å². The number of carbonyl (C=O) groups is 2. The van der Waals surface area contributed by atoms with Gasteiger partial charge in [-0.25, -0.2) is 0 Å². The summed E-state index contributed by atoms with van der Waals surface area (Å²) in [5, 5.41) is 14.0. The maximum Gasteiger partial charge on any atom is 0.294 e. The molecule has 0 atom stereocenters. The molecule has 0 radical (unpaired) electrons. The molecule has 2 N–H and O–H groups in total. The normalized spacial score (nSPS) is 16.4. The number of hydrogen-bond donors (Lipinski definition) is 2. The summed E-state index contributed by atoms with van der Waals surface area (Å²) in [6.07, 6.45) is 12.9. The highest BCUT2D eigenvalue weighted by Crippen LogP contribution is 2.49. The molecule has 4 aromatic rings. The minimum absolute atomic E-state index is 0.0755. The molecule has 11 heteroatoms. The summed E-state index contributed by atoms with van der Waals surface area (Å²) in [6.45, 7) is 3.13. The average Bonchev–Trinajstić information content (AvgIpc) is 3.38. The van der Waals surface area contributed by atoms with Crippen molar-refractivity contribution in [2.75, 3.05) is 23.7 Å². The molecule has 1 saturated heterocycles. The zero-order valence-corrected chi connectivity index (χ0v) is 19.8. The molecule has 6 rings (SSSR count). The van der Waals surface area contributed by atoms with Gasteiger partial charge < -0.3 is 10.6 Å². The Morgan fingerprint density at radius 2 is 1.94 bits per heavy atom. The summed E-state index contributed by atoms with van der Waals surface area (Å²) in [6, 6.07) is 5.33. The molecule has 182 valence electrons. The highest BCUT2D eigenvalue weighted by molar-refractivity contribution is 6.03. The van der Waals surface area contributed by atoms with Crippen LogP contribution in [0.15, 0.2) is 49.2 Å². The van der Waals surface area contributed by atoms with Crippen LogP contribution < -0.4 is 10.6 Å².